The topological polar surface area (TPSA) is 0 Å². The van der Waals surface area contributed by atoms with Crippen molar-refractivity contribution in [1.82, 2.24) is 0 Å². The third kappa shape index (κ3) is 6.78. The molecule has 17 heavy (non-hydrogen) atoms. The maximum absolute atomic E-state index is 2.33. The fourth-order valence-corrected chi connectivity index (χ4v) is 1.68. The van der Waals surface area contributed by atoms with Crippen LogP contribution in [0.2, 0.25) is 0 Å². The third-order valence-corrected chi connectivity index (χ3v) is 2.71. The second-order valence-electron chi connectivity index (χ2n) is 4.72. The molecule has 0 aliphatic carbocycles. The van der Waals surface area contributed by atoms with Gasteiger partial charge in [0.1, 0.15) is 0 Å². The number of benzene rings is 1. The Hall–Kier alpha value is -1.30. The van der Waals surface area contributed by atoms with Gasteiger partial charge in [-0.1, -0.05) is 53.6 Å². The van der Waals surface area contributed by atoms with Crippen molar-refractivity contribution < 1.29 is 0 Å². The first kappa shape index (κ1) is 13.8. The Bertz CT molecular complexity index is 364. The molecule has 1 aromatic carbocycles. The van der Waals surface area contributed by atoms with Crippen LogP contribution in [0.15, 0.2) is 53.6 Å². The van der Waals surface area contributed by atoms with Crippen molar-refractivity contribution >= 4 is 0 Å². The van der Waals surface area contributed by atoms with Crippen molar-refractivity contribution in [2.75, 3.05) is 0 Å². The summed E-state index contributed by atoms with van der Waals surface area (Å²) in [6.45, 7) is 6.53. The van der Waals surface area contributed by atoms with Gasteiger partial charge in [0.2, 0.25) is 0 Å². The van der Waals surface area contributed by atoms with Crippen molar-refractivity contribution in [3.05, 3.63) is 65.6 Å². The molecule has 0 N–H and O–H groups in total. The van der Waals surface area contributed by atoms with Gasteiger partial charge in [0, 0.05) is 0 Å². The molecule has 0 atom stereocenters. The largest absolute Gasteiger partial charge is 0.0856 e. The molecule has 0 aliphatic heterocycles. The summed E-state index contributed by atoms with van der Waals surface area (Å²) >= 11 is 0. The molecule has 0 unspecified atom stereocenters. The first-order valence-corrected chi connectivity index (χ1v) is 6.36. The van der Waals surface area contributed by atoms with E-state index in [1.807, 2.05) is 0 Å². The Balaban J connectivity index is 2.26. The molecule has 91 valence electrons. The van der Waals surface area contributed by atoms with Crippen LogP contribution in [-0.4, -0.2) is 0 Å². The summed E-state index contributed by atoms with van der Waals surface area (Å²) in [4.78, 5) is 0. The van der Waals surface area contributed by atoms with Crippen LogP contribution < -0.4 is 0 Å². The molecule has 1 radical (unpaired) electrons. The maximum atomic E-state index is 2.33. The molecule has 1 rings (SSSR count). The predicted octanol–water partition coefficient (Wildman–Crippen LogP) is 5.32. The second-order valence-corrected chi connectivity index (χ2v) is 4.72. The molecule has 0 aliphatic rings. The second kappa shape index (κ2) is 7.89. The molecule has 0 amide bonds. The maximum Gasteiger partial charge on any atom is -0.00555 e. The lowest BCUT2D eigenvalue weighted by molar-refractivity contribution is 0.955. The summed E-state index contributed by atoms with van der Waals surface area (Å²) in [5, 5.41) is 0. The zero-order valence-corrected chi connectivity index (χ0v) is 11.2. The third-order valence-electron chi connectivity index (χ3n) is 2.71. The van der Waals surface area contributed by atoms with Crippen LogP contribution >= 0.6 is 0 Å². The SMILES string of the molecule is CC(C)=CCC/C(C)=C/C[CH]c1ccccc1. The van der Waals surface area contributed by atoms with Gasteiger partial charge in [-0.05, 0) is 52.0 Å². The van der Waals surface area contributed by atoms with E-state index in [-0.39, 0.29) is 0 Å². The minimum atomic E-state index is 1.03. The summed E-state index contributed by atoms with van der Waals surface area (Å²) in [5.74, 6) is 0. The fourth-order valence-electron chi connectivity index (χ4n) is 1.68. The van der Waals surface area contributed by atoms with Crippen molar-refractivity contribution in [1.29, 1.82) is 0 Å². The highest BCUT2D eigenvalue weighted by Gasteiger charge is 1.92. The summed E-state index contributed by atoms with van der Waals surface area (Å²) in [6.07, 6.45) is 10.3. The Labute approximate surface area is 106 Å². The van der Waals surface area contributed by atoms with E-state index in [1.54, 1.807) is 0 Å². The molecule has 0 heteroatoms. The molecule has 0 nitrogen and oxygen atoms in total. The predicted molar refractivity (Wildman–Crippen MR) is 76.9 cm³/mol. The summed E-state index contributed by atoms with van der Waals surface area (Å²) in [7, 11) is 0. The van der Waals surface area contributed by atoms with E-state index < -0.39 is 0 Å². The number of rotatable bonds is 6. The Morgan fingerprint density at radius 2 is 1.71 bits per heavy atom. The normalized spacial score (nSPS) is 11.4. The Morgan fingerprint density at radius 3 is 2.35 bits per heavy atom. The van der Waals surface area contributed by atoms with Crippen molar-refractivity contribution in [3.8, 4) is 0 Å². The van der Waals surface area contributed by atoms with Gasteiger partial charge in [-0.25, -0.2) is 0 Å². The van der Waals surface area contributed by atoms with E-state index in [1.165, 1.54) is 23.1 Å². The van der Waals surface area contributed by atoms with E-state index in [4.69, 9.17) is 0 Å². The van der Waals surface area contributed by atoms with Gasteiger partial charge in [0.15, 0.2) is 0 Å². The van der Waals surface area contributed by atoms with Crippen LogP contribution in [-0.2, 0) is 0 Å². The minimum absolute atomic E-state index is 1.03. The van der Waals surface area contributed by atoms with Gasteiger partial charge in [-0.3, -0.25) is 0 Å². The Morgan fingerprint density at radius 1 is 1.00 bits per heavy atom. The molecule has 1 aromatic rings. The van der Waals surface area contributed by atoms with Crippen LogP contribution in [0.4, 0.5) is 0 Å². The lowest BCUT2D eigenvalue weighted by atomic mass is 10.1. The van der Waals surface area contributed by atoms with Crippen LogP contribution in [0.3, 0.4) is 0 Å². The van der Waals surface area contributed by atoms with Gasteiger partial charge in [-0.2, -0.15) is 0 Å². The molecule has 0 aromatic heterocycles. The molecular weight excluding hydrogens is 204 g/mol. The van der Waals surface area contributed by atoms with Crippen molar-refractivity contribution in [3.63, 3.8) is 0 Å². The number of hydrogen-bond acceptors (Lipinski definition) is 0. The van der Waals surface area contributed by atoms with E-state index in [0.29, 0.717) is 0 Å². The number of hydrogen-bond donors (Lipinski definition) is 0. The molecule has 0 bridgehead atoms. The van der Waals surface area contributed by atoms with Gasteiger partial charge < -0.3 is 0 Å². The molecule has 0 saturated carbocycles. The monoisotopic (exact) mass is 227 g/mol. The average molecular weight is 227 g/mol. The highest BCUT2D eigenvalue weighted by molar-refractivity contribution is 5.23. The first-order chi connectivity index (χ1) is 8.18. The molecule has 0 fully saturated rings. The van der Waals surface area contributed by atoms with Gasteiger partial charge >= 0.3 is 0 Å². The zero-order chi connectivity index (χ0) is 12.5. The van der Waals surface area contributed by atoms with Crippen LogP contribution in [0.1, 0.15) is 45.6 Å². The van der Waals surface area contributed by atoms with E-state index in [9.17, 15) is 0 Å². The smallest absolute Gasteiger partial charge is 0.00555 e. The van der Waals surface area contributed by atoms with E-state index >= 15 is 0 Å². The first-order valence-electron chi connectivity index (χ1n) is 6.36. The van der Waals surface area contributed by atoms with Gasteiger partial charge in [0.05, 0.1) is 0 Å². The minimum Gasteiger partial charge on any atom is -0.0856 e. The van der Waals surface area contributed by atoms with Crippen molar-refractivity contribution in [2.24, 2.45) is 0 Å². The molecule has 0 saturated heterocycles. The van der Waals surface area contributed by atoms with Crippen LogP contribution in [0.25, 0.3) is 0 Å². The highest BCUT2D eigenvalue weighted by Crippen LogP contribution is 2.11. The standard InChI is InChI=1S/C17H23/c1-15(2)9-7-10-16(3)11-8-14-17-12-5-4-6-13-17/h4-6,9,11-14H,7-8,10H2,1-3H3/b16-11+. The fraction of sp³-hybridized carbons (Fsp3) is 0.353. The van der Waals surface area contributed by atoms with E-state index in [0.717, 1.165) is 12.8 Å². The highest BCUT2D eigenvalue weighted by atomic mass is 14.0. The van der Waals surface area contributed by atoms with Gasteiger partial charge in [-0.15, -0.1) is 0 Å². The lowest BCUT2D eigenvalue weighted by Crippen LogP contribution is -1.81. The quantitative estimate of drug-likeness (QED) is 0.577. The summed E-state index contributed by atoms with van der Waals surface area (Å²) in [6, 6.07) is 10.5. The van der Waals surface area contributed by atoms with Crippen molar-refractivity contribution in [2.45, 2.75) is 40.0 Å². The van der Waals surface area contributed by atoms with Crippen LogP contribution in [0, 0.1) is 6.42 Å². The Kier molecular flexibility index (Phi) is 6.39. The van der Waals surface area contributed by atoms with Gasteiger partial charge in [0.25, 0.3) is 0 Å². The summed E-state index contributed by atoms with van der Waals surface area (Å²) in [5.41, 5.74) is 4.20. The summed E-state index contributed by atoms with van der Waals surface area (Å²) < 4.78 is 0. The molecular formula is C17H23. The van der Waals surface area contributed by atoms with E-state index in [2.05, 4.69) is 69.7 Å². The average Bonchev–Trinajstić information content (AvgIpc) is 2.30. The molecule has 0 heterocycles. The number of allylic oxidation sites excluding steroid dienone is 4. The van der Waals surface area contributed by atoms with Crippen LogP contribution in [0.5, 0.6) is 0 Å². The lowest BCUT2D eigenvalue weighted by Gasteiger charge is -2.00. The molecule has 0 spiro atoms. The zero-order valence-electron chi connectivity index (χ0n) is 11.2.